The Bertz CT molecular complexity index is 231. The summed E-state index contributed by atoms with van der Waals surface area (Å²) < 4.78 is 0. The average molecular weight is 270 g/mol. The summed E-state index contributed by atoms with van der Waals surface area (Å²) in [5.41, 5.74) is 0.304. The van der Waals surface area contributed by atoms with Gasteiger partial charge in [0, 0.05) is 19.2 Å². The molecule has 1 unspecified atom stereocenters. The van der Waals surface area contributed by atoms with Gasteiger partial charge >= 0.3 is 0 Å². The molecule has 0 aliphatic carbocycles. The van der Waals surface area contributed by atoms with Crippen LogP contribution in [-0.2, 0) is 0 Å². The largest absolute Gasteiger partial charge is 0.396 e. The standard InChI is InChI=1S/C16H34N2O/c1-4-10-18-11-5-7-15(8-12-18)17-14-16(2,3)9-6-13-19/h15,17,19H,4-14H2,1-3H3. The Morgan fingerprint density at radius 2 is 2.05 bits per heavy atom. The van der Waals surface area contributed by atoms with Crippen molar-refractivity contribution in [1.82, 2.24) is 10.2 Å². The molecule has 0 radical (unpaired) electrons. The van der Waals surface area contributed by atoms with Crippen LogP contribution < -0.4 is 5.32 Å². The zero-order chi connectivity index (χ0) is 14.1. The van der Waals surface area contributed by atoms with E-state index in [1.165, 1.54) is 45.3 Å². The van der Waals surface area contributed by atoms with E-state index in [1.807, 2.05) is 0 Å². The van der Waals surface area contributed by atoms with Gasteiger partial charge in [0.05, 0.1) is 0 Å². The Morgan fingerprint density at radius 1 is 1.26 bits per heavy atom. The van der Waals surface area contributed by atoms with Gasteiger partial charge in [-0.05, 0) is 63.6 Å². The lowest BCUT2D eigenvalue weighted by atomic mass is 9.87. The van der Waals surface area contributed by atoms with Crippen LogP contribution in [0.15, 0.2) is 0 Å². The van der Waals surface area contributed by atoms with E-state index in [0.29, 0.717) is 18.1 Å². The zero-order valence-electron chi connectivity index (χ0n) is 13.2. The van der Waals surface area contributed by atoms with Crippen LogP contribution in [0.25, 0.3) is 0 Å². The third-order valence-corrected chi connectivity index (χ3v) is 4.24. The molecular weight excluding hydrogens is 236 g/mol. The number of hydrogen-bond donors (Lipinski definition) is 2. The second kappa shape index (κ2) is 8.93. The number of nitrogens with one attached hydrogen (secondary N) is 1. The predicted octanol–water partition coefficient (Wildman–Crippen LogP) is 2.64. The third kappa shape index (κ3) is 7.28. The van der Waals surface area contributed by atoms with Crippen LogP contribution in [0.2, 0.25) is 0 Å². The Balaban J connectivity index is 2.25. The smallest absolute Gasteiger partial charge is 0.0431 e. The van der Waals surface area contributed by atoms with E-state index in [0.717, 1.165) is 19.4 Å². The molecule has 0 aromatic carbocycles. The molecular formula is C16H34N2O. The van der Waals surface area contributed by atoms with Crippen LogP contribution in [-0.4, -0.2) is 48.8 Å². The molecule has 19 heavy (non-hydrogen) atoms. The second-order valence-electron chi connectivity index (χ2n) is 6.84. The third-order valence-electron chi connectivity index (χ3n) is 4.24. The number of rotatable bonds is 8. The van der Waals surface area contributed by atoms with Crippen LogP contribution in [0.3, 0.4) is 0 Å². The van der Waals surface area contributed by atoms with E-state index in [-0.39, 0.29) is 0 Å². The highest BCUT2D eigenvalue weighted by Gasteiger charge is 2.21. The molecule has 0 saturated carbocycles. The highest BCUT2D eigenvalue weighted by molar-refractivity contribution is 4.79. The highest BCUT2D eigenvalue weighted by atomic mass is 16.2. The van der Waals surface area contributed by atoms with Crippen molar-refractivity contribution in [3.8, 4) is 0 Å². The van der Waals surface area contributed by atoms with Gasteiger partial charge in [0.15, 0.2) is 0 Å². The Morgan fingerprint density at radius 3 is 2.74 bits per heavy atom. The van der Waals surface area contributed by atoms with Crippen molar-refractivity contribution >= 4 is 0 Å². The number of hydrogen-bond acceptors (Lipinski definition) is 3. The summed E-state index contributed by atoms with van der Waals surface area (Å²) >= 11 is 0. The first-order chi connectivity index (χ1) is 9.07. The van der Waals surface area contributed by atoms with E-state index >= 15 is 0 Å². The summed E-state index contributed by atoms with van der Waals surface area (Å²) in [7, 11) is 0. The van der Waals surface area contributed by atoms with E-state index in [4.69, 9.17) is 5.11 Å². The van der Waals surface area contributed by atoms with Crippen LogP contribution in [0.5, 0.6) is 0 Å². The minimum absolute atomic E-state index is 0.304. The van der Waals surface area contributed by atoms with Gasteiger partial charge in [-0.1, -0.05) is 20.8 Å². The van der Waals surface area contributed by atoms with Crippen molar-refractivity contribution < 1.29 is 5.11 Å². The summed E-state index contributed by atoms with van der Waals surface area (Å²) in [6, 6.07) is 0.690. The molecule has 1 heterocycles. The van der Waals surface area contributed by atoms with Crippen molar-refractivity contribution in [1.29, 1.82) is 0 Å². The monoisotopic (exact) mass is 270 g/mol. The summed E-state index contributed by atoms with van der Waals surface area (Å²) in [6.07, 6.45) is 7.22. The number of aliphatic hydroxyl groups excluding tert-OH is 1. The fourth-order valence-electron chi connectivity index (χ4n) is 2.97. The Hall–Kier alpha value is -0.120. The lowest BCUT2D eigenvalue weighted by Gasteiger charge is -2.28. The summed E-state index contributed by atoms with van der Waals surface area (Å²) in [5, 5.41) is 12.7. The lowest BCUT2D eigenvalue weighted by molar-refractivity contribution is 0.228. The summed E-state index contributed by atoms with van der Waals surface area (Å²) in [4.78, 5) is 2.61. The fourth-order valence-corrected chi connectivity index (χ4v) is 2.97. The number of likely N-dealkylation sites (tertiary alicyclic amines) is 1. The quantitative estimate of drug-likeness (QED) is 0.712. The molecule has 0 bridgehead atoms. The van der Waals surface area contributed by atoms with Crippen molar-refractivity contribution in [3.63, 3.8) is 0 Å². The summed E-state index contributed by atoms with van der Waals surface area (Å²) in [5.74, 6) is 0. The first-order valence-corrected chi connectivity index (χ1v) is 8.14. The maximum atomic E-state index is 8.94. The minimum atomic E-state index is 0.304. The van der Waals surface area contributed by atoms with Gasteiger partial charge in [0.25, 0.3) is 0 Å². The predicted molar refractivity (Wildman–Crippen MR) is 82.5 cm³/mol. The van der Waals surface area contributed by atoms with Gasteiger partial charge in [-0.25, -0.2) is 0 Å². The van der Waals surface area contributed by atoms with E-state index in [9.17, 15) is 0 Å². The van der Waals surface area contributed by atoms with Crippen molar-refractivity contribution in [2.75, 3.05) is 32.8 Å². The molecule has 114 valence electrons. The highest BCUT2D eigenvalue weighted by Crippen LogP contribution is 2.22. The molecule has 0 amide bonds. The molecule has 1 saturated heterocycles. The van der Waals surface area contributed by atoms with E-state index < -0.39 is 0 Å². The molecule has 1 aliphatic rings. The van der Waals surface area contributed by atoms with E-state index in [2.05, 4.69) is 31.0 Å². The van der Waals surface area contributed by atoms with Crippen molar-refractivity contribution in [3.05, 3.63) is 0 Å². The topological polar surface area (TPSA) is 35.5 Å². The first-order valence-electron chi connectivity index (χ1n) is 8.14. The maximum absolute atomic E-state index is 8.94. The normalized spacial score (nSPS) is 22.4. The lowest BCUT2D eigenvalue weighted by Crippen LogP contribution is -2.38. The van der Waals surface area contributed by atoms with Crippen LogP contribution in [0.1, 0.15) is 59.3 Å². The van der Waals surface area contributed by atoms with Crippen molar-refractivity contribution in [2.45, 2.75) is 65.3 Å². The zero-order valence-corrected chi connectivity index (χ0v) is 13.2. The molecule has 0 aromatic rings. The number of aliphatic hydroxyl groups is 1. The molecule has 1 aliphatic heterocycles. The van der Waals surface area contributed by atoms with Crippen LogP contribution in [0.4, 0.5) is 0 Å². The average Bonchev–Trinajstić information content (AvgIpc) is 2.60. The molecule has 3 heteroatoms. The van der Waals surface area contributed by atoms with Gasteiger partial charge < -0.3 is 15.3 Å². The van der Waals surface area contributed by atoms with Gasteiger partial charge in [0.1, 0.15) is 0 Å². The second-order valence-corrected chi connectivity index (χ2v) is 6.84. The molecule has 1 atom stereocenters. The SMILES string of the molecule is CCCN1CCCC(NCC(C)(C)CCCO)CC1. The molecule has 2 N–H and O–H groups in total. The van der Waals surface area contributed by atoms with Gasteiger partial charge in [-0.2, -0.15) is 0 Å². The molecule has 1 rings (SSSR count). The molecule has 0 spiro atoms. The van der Waals surface area contributed by atoms with Gasteiger partial charge in [0.2, 0.25) is 0 Å². The van der Waals surface area contributed by atoms with Crippen molar-refractivity contribution in [2.24, 2.45) is 5.41 Å². The fraction of sp³-hybridized carbons (Fsp3) is 1.00. The van der Waals surface area contributed by atoms with Gasteiger partial charge in [-0.15, -0.1) is 0 Å². The Labute approximate surface area is 119 Å². The van der Waals surface area contributed by atoms with E-state index in [1.54, 1.807) is 0 Å². The van der Waals surface area contributed by atoms with Crippen LogP contribution in [0, 0.1) is 5.41 Å². The van der Waals surface area contributed by atoms with Crippen LogP contribution >= 0.6 is 0 Å². The summed E-state index contributed by atoms with van der Waals surface area (Å²) in [6.45, 7) is 12.1. The maximum Gasteiger partial charge on any atom is 0.0431 e. The first kappa shape index (κ1) is 16.9. The Kier molecular flexibility index (Phi) is 7.96. The molecule has 1 fully saturated rings. The number of nitrogens with zero attached hydrogens (tertiary/aromatic N) is 1. The molecule has 3 nitrogen and oxygen atoms in total. The van der Waals surface area contributed by atoms with Gasteiger partial charge in [-0.3, -0.25) is 0 Å². The molecule has 0 aromatic heterocycles. The minimum Gasteiger partial charge on any atom is -0.396 e.